The Labute approximate surface area is 227 Å². The number of imide groups is 1. The summed E-state index contributed by atoms with van der Waals surface area (Å²) in [6.45, 7) is 3.01. The standard InChI is InChI=1S/C33H29N3O3/c37-30-15-14-29(32(38)34-30)36-28-13-12-24(26-6-3-7-27(31(26)28)33(36)39)18-21-8-10-22(11-9-21)19-35-17-16-23-4-1-2-5-25(23)20-35/h1-13,29H,14-20H2,(H,34,37,38). The molecule has 1 atom stereocenters. The lowest BCUT2D eigenvalue weighted by molar-refractivity contribution is -0.134. The molecule has 0 radical (unpaired) electrons. The Morgan fingerprint density at radius 3 is 2.41 bits per heavy atom. The molecule has 1 fully saturated rings. The van der Waals surface area contributed by atoms with Crippen LogP contribution in [0.15, 0.2) is 78.9 Å². The minimum Gasteiger partial charge on any atom is -0.295 e. The molecule has 0 bridgehead atoms. The SMILES string of the molecule is O=C1CCC(N2C(=O)c3cccc4c(Cc5ccc(CN6CCc7ccccc7C6)cc5)ccc2c34)C(=O)N1. The fourth-order valence-electron chi connectivity index (χ4n) is 6.39. The van der Waals surface area contributed by atoms with Crippen molar-refractivity contribution in [3.63, 3.8) is 0 Å². The molecule has 1 saturated heterocycles. The van der Waals surface area contributed by atoms with Gasteiger partial charge in [-0.2, -0.15) is 0 Å². The summed E-state index contributed by atoms with van der Waals surface area (Å²) in [5, 5.41) is 4.32. The summed E-state index contributed by atoms with van der Waals surface area (Å²) in [7, 11) is 0. The van der Waals surface area contributed by atoms with Crippen LogP contribution in [0, 0.1) is 0 Å². The first kappa shape index (κ1) is 23.8. The average Bonchev–Trinajstić information content (AvgIpc) is 3.23. The largest absolute Gasteiger partial charge is 0.295 e. The van der Waals surface area contributed by atoms with Gasteiger partial charge in [-0.05, 0) is 64.6 Å². The van der Waals surface area contributed by atoms with Crippen molar-refractivity contribution >= 4 is 34.2 Å². The summed E-state index contributed by atoms with van der Waals surface area (Å²) >= 11 is 0. The van der Waals surface area contributed by atoms with Gasteiger partial charge in [0.15, 0.2) is 0 Å². The zero-order chi connectivity index (χ0) is 26.5. The molecule has 7 rings (SSSR count). The molecule has 0 saturated carbocycles. The van der Waals surface area contributed by atoms with E-state index >= 15 is 0 Å². The summed E-state index contributed by atoms with van der Waals surface area (Å²) in [5.41, 5.74) is 7.95. The number of carbonyl (C=O) groups is 3. The van der Waals surface area contributed by atoms with E-state index in [1.54, 1.807) is 4.90 Å². The van der Waals surface area contributed by atoms with Crippen molar-refractivity contribution in [3.05, 3.63) is 112 Å². The Balaban J connectivity index is 1.11. The molecule has 0 aliphatic carbocycles. The highest BCUT2D eigenvalue weighted by atomic mass is 16.2. The van der Waals surface area contributed by atoms with Crippen LogP contribution in [0.1, 0.15) is 51.0 Å². The minimum absolute atomic E-state index is 0.174. The molecule has 194 valence electrons. The van der Waals surface area contributed by atoms with Gasteiger partial charge >= 0.3 is 0 Å². The molecule has 3 heterocycles. The molecule has 6 nitrogen and oxygen atoms in total. The average molecular weight is 516 g/mol. The number of carbonyl (C=O) groups excluding carboxylic acids is 3. The number of hydrogen-bond acceptors (Lipinski definition) is 4. The van der Waals surface area contributed by atoms with Crippen LogP contribution in [-0.2, 0) is 35.5 Å². The molecule has 1 N–H and O–H groups in total. The number of hydrogen-bond donors (Lipinski definition) is 1. The Morgan fingerprint density at radius 2 is 1.59 bits per heavy atom. The Morgan fingerprint density at radius 1 is 0.795 bits per heavy atom. The van der Waals surface area contributed by atoms with Crippen molar-refractivity contribution in [2.75, 3.05) is 11.4 Å². The van der Waals surface area contributed by atoms with Crippen LogP contribution in [0.25, 0.3) is 10.8 Å². The number of nitrogens with one attached hydrogen (secondary N) is 1. The molecule has 39 heavy (non-hydrogen) atoms. The summed E-state index contributed by atoms with van der Waals surface area (Å²) in [4.78, 5) is 41.8. The first-order chi connectivity index (χ1) is 19.0. The third kappa shape index (κ3) is 4.21. The maximum atomic E-state index is 13.4. The molecule has 3 amide bonds. The number of benzene rings is 4. The highest BCUT2D eigenvalue weighted by molar-refractivity contribution is 6.27. The number of fused-ring (bicyclic) bond motifs is 1. The lowest BCUT2D eigenvalue weighted by Gasteiger charge is -2.30. The van der Waals surface area contributed by atoms with Gasteiger partial charge in [-0.1, -0.05) is 66.7 Å². The van der Waals surface area contributed by atoms with Gasteiger partial charge < -0.3 is 0 Å². The summed E-state index contributed by atoms with van der Waals surface area (Å²) in [6, 6.07) is 26.7. The Hall–Kier alpha value is -4.29. The molecule has 4 aromatic rings. The van der Waals surface area contributed by atoms with Gasteiger partial charge in [0.05, 0.1) is 5.69 Å². The number of amides is 3. The van der Waals surface area contributed by atoms with Crippen LogP contribution in [0.5, 0.6) is 0 Å². The van der Waals surface area contributed by atoms with Crippen molar-refractivity contribution < 1.29 is 14.4 Å². The lowest BCUT2D eigenvalue weighted by atomic mass is 9.95. The molecule has 1 unspecified atom stereocenters. The van der Waals surface area contributed by atoms with Gasteiger partial charge in [0, 0.05) is 37.0 Å². The van der Waals surface area contributed by atoms with E-state index in [9.17, 15) is 14.4 Å². The van der Waals surface area contributed by atoms with Gasteiger partial charge in [0.2, 0.25) is 11.8 Å². The van der Waals surface area contributed by atoms with E-state index < -0.39 is 11.9 Å². The van der Waals surface area contributed by atoms with E-state index in [2.05, 4.69) is 70.9 Å². The first-order valence-corrected chi connectivity index (χ1v) is 13.6. The van der Waals surface area contributed by atoms with Crippen molar-refractivity contribution in [1.82, 2.24) is 10.2 Å². The predicted molar refractivity (Wildman–Crippen MR) is 150 cm³/mol. The predicted octanol–water partition coefficient (Wildman–Crippen LogP) is 4.75. The van der Waals surface area contributed by atoms with Gasteiger partial charge in [0.1, 0.15) is 6.04 Å². The van der Waals surface area contributed by atoms with Gasteiger partial charge in [-0.15, -0.1) is 0 Å². The minimum atomic E-state index is -0.669. The molecule has 6 heteroatoms. The molecule has 0 spiro atoms. The van der Waals surface area contributed by atoms with Crippen molar-refractivity contribution in [1.29, 1.82) is 0 Å². The molecule has 4 aromatic carbocycles. The molecule has 0 aromatic heterocycles. The number of nitrogens with zero attached hydrogens (tertiary/aromatic N) is 2. The summed E-state index contributed by atoms with van der Waals surface area (Å²) in [5.74, 6) is -0.862. The quantitative estimate of drug-likeness (QED) is 0.390. The van der Waals surface area contributed by atoms with E-state index in [-0.39, 0.29) is 18.2 Å². The van der Waals surface area contributed by atoms with Crippen molar-refractivity contribution in [2.24, 2.45) is 0 Å². The number of rotatable bonds is 5. The van der Waals surface area contributed by atoms with Crippen LogP contribution in [-0.4, -0.2) is 35.2 Å². The molecule has 3 aliphatic heterocycles. The topological polar surface area (TPSA) is 69.7 Å². The zero-order valence-electron chi connectivity index (χ0n) is 21.7. The normalized spacial score (nSPS) is 18.9. The zero-order valence-corrected chi connectivity index (χ0v) is 21.7. The summed E-state index contributed by atoms with van der Waals surface area (Å²) < 4.78 is 0. The van der Waals surface area contributed by atoms with Crippen molar-refractivity contribution in [2.45, 2.75) is 44.8 Å². The smallest absolute Gasteiger partial charge is 0.259 e. The van der Waals surface area contributed by atoms with Crippen LogP contribution in [0.2, 0.25) is 0 Å². The van der Waals surface area contributed by atoms with Crippen LogP contribution in [0.4, 0.5) is 5.69 Å². The van der Waals surface area contributed by atoms with E-state index in [4.69, 9.17) is 0 Å². The van der Waals surface area contributed by atoms with Gasteiger partial charge in [-0.25, -0.2) is 0 Å². The van der Waals surface area contributed by atoms with E-state index in [0.717, 1.165) is 54.5 Å². The second kappa shape index (κ2) is 9.47. The van der Waals surface area contributed by atoms with Crippen molar-refractivity contribution in [3.8, 4) is 0 Å². The van der Waals surface area contributed by atoms with Gasteiger partial charge in [-0.3, -0.25) is 29.5 Å². The lowest BCUT2D eigenvalue weighted by Crippen LogP contribution is -2.53. The van der Waals surface area contributed by atoms with Crippen LogP contribution >= 0.6 is 0 Å². The third-order valence-electron chi connectivity index (χ3n) is 8.37. The van der Waals surface area contributed by atoms with Crippen LogP contribution in [0.3, 0.4) is 0 Å². The monoisotopic (exact) mass is 515 g/mol. The van der Waals surface area contributed by atoms with E-state index in [1.165, 1.54) is 22.3 Å². The highest BCUT2D eigenvalue weighted by Gasteiger charge is 2.40. The maximum absolute atomic E-state index is 13.4. The highest BCUT2D eigenvalue weighted by Crippen LogP contribution is 2.41. The van der Waals surface area contributed by atoms with E-state index in [1.807, 2.05) is 18.2 Å². The Kier molecular flexibility index (Phi) is 5.78. The third-order valence-corrected chi connectivity index (χ3v) is 8.37. The second-order valence-electron chi connectivity index (χ2n) is 10.8. The fraction of sp³-hybridized carbons (Fsp3) is 0.242. The number of piperidine rings is 1. The molecule has 3 aliphatic rings. The molecular weight excluding hydrogens is 486 g/mol. The van der Waals surface area contributed by atoms with Gasteiger partial charge in [0.25, 0.3) is 5.91 Å². The summed E-state index contributed by atoms with van der Waals surface area (Å²) in [6.07, 6.45) is 2.43. The number of anilines is 1. The van der Waals surface area contributed by atoms with E-state index in [0.29, 0.717) is 12.0 Å². The maximum Gasteiger partial charge on any atom is 0.259 e. The fourth-order valence-corrected chi connectivity index (χ4v) is 6.39. The molecular formula is C33H29N3O3. The van der Waals surface area contributed by atoms with Crippen LogP contribution < -0.4 is 10.2 Å². The Bertz CT molecular complexity index is 1640. The first-order valence-electron chi connectivity index (χ1n) is 13.6. The second-order valence-corrected chi connectivity index (χ2v) is 10.8.